The summed E-state index contributed by atoms with van der Waals surface area (Å²) in [6, 6.07) is 9.04. The normalized spacial score (nSPS) is 11.8. The van der Waals surface area contributed by atoms with Gasteiger partial charge in [0.15, 0.2) is 6.10 Å². The van der Waals surface area contributed by atoms with Crippen LogP contribution in [0, 0.1) is 11.3 Å². The van der Waals surface area contributed by atoms with Crippen molar-refractivity contribution in [3.63, 3.8) is 0 Å². The first-order valence-corrected chi connectivity index (χ1v) is 5.08. The molecule has 1 atom stereocenters. The summed E-state index contributed by atoms with van der Waals surface area (Å²) in [6.45, 7) is 1.51. The van der Waals surface area contributed by atoms with Crippen molar-refractivity contribution in [2.45, 2.75) is 13.0 Å². The highest BCUT2D eigenvalue weighted by Gasteiger charge is 2.03. The second-order valence-corrected chi connectivity index (χ2v) is 3.31. The van der Waals surface area contributed by atoms with Gasteiger partial charge < -0.3 is 9.47 Å². The molecule has 0 aliphatic rings. The standard InChI is InChI=1S/C13H13NO3/c1-10(9-14)17-13(15)8-5-11-3-6-12(16-2)7-4-11/h3-8,10H,1-2H3/b8-5+/t10-/m1/s1. The molecule has 0 fully saturated rings. The largest absolute Gasteiger partial charge is 0.497 e. The van der Waals surface area contributed by atoms with Crippen molar-refractivity contribution in [2.75, 3.05) is 7.11 Å². The van der Waals surface area contributed by atoms with Gasteiger partial charge in [0.1, 0.15) is 11.8 Å². The van der Waals surface area contributed by atoms with E-state index in [1.54, 1.807) is 25.3 Å². The fourth-order valence-electron chi connectivity index (χ4n) is 1.12. The first-order chi connectivity index (χ1) is 8.15. The van der Waals surface area contributed by atoms with E-state index in [0.717, 1.165) is 11.3 Å². The van der Waals surface area contributed by atoms with Gasteiger partial charge in [-0.05, 0) is 30.7 Å². The SMILES string of the molecule is COc1ccc(/C=C/C(=O)O[C@H](C)C#N)cc1. The third-order valence-corrected chi connectivity index (χ3v) is 2.00. The Labute approximate surface area is 100 Å². The summed E-state index contributed by atoms with van der Waals surface area (Å²) in [7, 11) is 1.59. The predicted octanol–water partition coefficient (Wildman–Crippen LogP) is 2.16. The number of ether oxygens (including phenoxy) is 2. The second kappa shape index (κ2) is 6.33. The Bertz CT molecular complexity index is 443. The van der Waals surface area contributed by atoms with Crippen molar-refractivity contribution in [1.29, 1.82) is 5.26 Å². The number of hydrogen-bond acceptors (Lipinski definition) is 4. The number of nitriles is 1. The van der Waals surface area contributed by atoms with Crippen LogP contribution in [0.25, 0.3) is 6.08 Å². The van der Waals surface area contributed by atoms with Crippen LogP contribution in [0.3, 0.4) is 0 Å². The molecule has 0 aromatic heterocycles. The quantitative estimate of drug-likeness (QED) is 0.588. The van der Waals surface area contributed by atoms with Crippen molar-refractivity contribution in [3.8, 4) is 11.8 Å². The predicted molar refractivity (Wildman–Crippen MR) is 63.2 cm³/mol. The van der Waals surface area contributed by atoms with E-state index < -0.39 is 12.1 Å². The Kier molecular flexibility index (Phi) is 4.77. The van der Waals surface area contributed by atoms with Crippen LogP contribution in [-0.2, 0) is 9.53 Å². The molecule has 1 rings (SSSR count). The van der Waals surface area contributed by atoms with E-state index in [9.17, 15) is 4.79 Å². The highest BCUT2D eigenvalue weighted by atomic mass is 16.5. The number of carbonyl (C=O) groups excluding carboxylic acids is 1. The van der Waals surface area contributed by atoms with E-state index in [1.165, 1.54) is 13.0 Å². The Morgan fingerprint density at radius 1 is 1.41 bits per heavy atom. The smallest absolute Gasteiger partial charge is 0.332 e. The topological polar surface area (TPSA) is 59.3 Å². The van der Waals surface area contributed by atoms with Gasteiger partial charge in [-0.2, -0.15) is 5.26 Å². The fraction of sp³-hybridized carbons (Fsp3) is 0.231. The lowest BCUT2D eigenvalue weighted by Crippen LogP contribution is -2.10. The molecule has 1 aromatic carbocycles. The van der Waals surface area contributed by atoms with Gasteiger partial charge >= 0.3 is 5.97 Å². The zero-order valence-electron chi connectivity index (χ0n) is 9.71. The Morgan fingerprint density at radius 2 is 2.06 bits per heavy atom. The number of esters is 1. The maximum Gasteiger partial charge on any atom is 0.332 e. The first kappa shape index (κ1) is 12.8. The van der Waals surface area contributed by atoms with Crippen LogP contribution >= 0.6 is 0 Å². The molecule has 0 spiro atoms. The van der Waals surface area contributed by atoms with Crippen molar-refractivity contribution in [3.05, 3.63) is 35.9 Å². The molecule has 1 aromatic rings. The van der Waals surface area contributed by atoms with Crippen molar-refractivity contribution in [1.82, 2.24) is 0 Å². The number of carbonyl (C=O) groups is 1. The lowest BCUT2D eigenvalue weighted by molar-refractivity contribution is -0.139. The number of methoxy groups -OCH3 is 1. The molecule has 88 valence electrons. The summed E-state index contributed by atoms with van der Waals surface area (Å²) in [5.74, 6) is 0.220. The van der Waals surface area contributed by atoms with Crippen LogP contribution in [0.5, 0.6) is 5.75 Å². The highest BCUT2D eigenvalue weighted by molar-refractivity contribution is 5.87. The molecule has 0 aliphatic heterocycles. The summed E-state index contributed by atoms with van der Waals surface area (Å²) in [5, 5.41) is 8.46. The number of hydrogen-bond donors (Lipinski definition) is 0. The summed E-state index contributed by atoms with van der Waals surface area (Å²) < 4.78 is 9.76. The van der Waals surface area contributed by atoms with Crippen LogP contribution in [0.1, 0.15) is 12.5 Å². The van der Waals surface area contributed by atoms with Crippen LogP contribution < -0.4 is 4.74 Å². The summed E-state index contributed by atoms with van der Waals surface area (Å²) in [4.78, 5) is 11.2. The average molecular weight is 231 g/mol. The van der Waals surface area contributed by atoms with E-state index >= 15 is 0 Å². The molecule has 17 heavy (non-hydrogen) atoms. The van der Waals surface area contributed by atoms with Gasteiger partial charge in [-0.1, -0.05) is 12.1 Å². The zero-order chi connectivity index (χ0) is 12.7. The van der Waals surface area contributed by atoms with E-state index in [4.69, 9.17) is 14.7 Å². The molecule has 4 nitrogen and oxygen atoms in total. The van der Waals surface area contributed by atoms with Crippen molar-refractivity contribution < 1.29 is 14.3 Å². The molecule has 0 N–H and O–H groups in total. The number of nitrogens with zero attached hydrogens (tertiary/aromatic N) is 1. The monoisotopic (exact) mass is 231 g/mol. The molecule has 0 heterocycles. The van der Waals surface area contributed by atoms with Crippen LogP contribution in [0.4, 0.5) is 0 Å². The lowest BCUT2D eigenvalue weighted by Gasteiger charge is -2.02. The maximum atomic E-state index is 11.2. The molecule has 0 bridgehead atoms. The summed E-state index contributed by atoms with van der Waals surface area (Å²) in [6.07, 6.45) is 2.17. The third-order valence-electron chi connectivity index (χ3n) is 2.00. The van der Waals surface area contributed by atoms with Crippen molar-refractivity contribution >= 4 is 12.0 Å². The fourth-order valence-corrected chi connectivity index (χ4v) is 1.12. The van der Waals surface area contributed by atoms with Gasteiger partial charge in [0.05, 0.1) is 7.11 Å². The highest BCUT2D eigenvalue weighted by Crippen LogP contribution is 2.12. The van der Waals surface area contributed by atoms with E-state index in [-0.39, 0.29) is 0 Å². The van der Waals surface area contributed by atoms with Gasteiger partial charge in [0.2, 0.25) is 0 Å². The van der Waals surface area contributed by atoms with Crippen LogP contribution in [0.15, 0.2) is 30.3 Å². The maximum absolute atomic E-state index is 11.2. The molecule has 0 radical (unpaired) electrons. The van der Waals surface area contributed by atoms with Crippen LogP contribution in [0.2, 0.25) is 0 Å². The summed E-state index contributed by atoms with van der Waals surface area (Å²) >= 11 is 0. The zero-order valence-corrected chi connectivity index (χ0v) is 9.71. The van der Waals surface area contributed by atoms with Crippen molar-refractivity contribution in [2.24, 2.45) is 0 Å². The van der Waals surface area contributed by atoms with Crippen LogP contribution in [-0.4, -0.2) is 19.2 Å². The average Bonchev–Trinajstić information content (AvgIpc) is 2.36. The van der Waals surface area contributed by atoms with Gasteiger partial charge in [-0.25, -0.2) is 4.79 Å². The molecular formula is C13H13NO3. The van der Waals surface area contributed by atoms with E-state index in [0.29, 0.717) is 0 Å². The lowest BCUT2D eigenvalue weighted by atomic mass is 10.2. The number of rotatable bonds is 4. The Balaban J connectivity index is 2.58. The molecule has 4 heteroatoms. The molecular weight excluding hydrogens is 218 g/mol. The minimum atomic E-state index is -0.733. The van der Waals surface area contributed by atoms with Gasteiger partial charge in [0, 0.05) is 6.08 Å². The second-order valence-electron chi connectivity index (χ2n) is 3.31. The molecule has 0 unspecified atom stereocenters. The minimum Gasteiger partial charge on any atom is -0.497 e. The first-order valence-electron chi connectivity index (χ1n) is 5.08. The number of benzene rings is 1. The van der Waals surface area contributed by atoms with Gasteiger partial charge in [-0.3, -0.25) is 0 Å². The third kappa shape index (κ3) is 4.39. The molecule has 0 saturated carbocycles. The Hall–Kier alpha value is -2.28. The van der Waals surface area contributed by atoms with E-state index in [1.807, 2.05) is 18.2 Å². The molecule has 0 aliphatic carbocycles. The minimum absolute atomic E-state index is 0.533. The van der Waals surface area contributed by atoms with E-state index in [2.05, 4.69) is 0 Å². The van der Waals surface area contributed by atoms with Gasteiger partial charge in [0.25, 0.3) is 0 Å². The molecule has 0 saturated heterocycles. The van der Waals surface area contributed by atoms with Gasteiger partial charge in [-0.15, -0.1) is 0 Å². The summed E-state index contributed by atoms with van der Waals surface area (Å²) in [5.41, 5.74) is 0.854. The Morgan fingerprint density at radius 3 is 2.59 bits per heavy atom. The molecule has 0 amide bonds.